The van der Waals surface area contributed by atoms with Crippen LogP contribution in [0.3, 0.4) is 0 Å². The van der Waals surface area contributed by atoms with Gasteiger partial charge in [0.15, 0.2) is 0 Å². The van der Waals surface area contributed by atoms with E-state index in [4.69, 9.17) is 9.84 Å². The number of aliphatic hydroxyl groups is 1. The number of benzene rings is 1. The van der Waals surface area contributed by atoms with Crippen LogP contribution in [0.2, 0.25) is 0 Å². The van der Waals surface area contributed by atoms with E-state index in [2.05, 4.69) is 0 Å². The molecule has 0 radical (unpaired) electrons. The number of aliphatic carboxylic acids is 1. The summed E-state index contributed by atoms with van der Waals surface area (Å²) < 4.78 is 6.50. The van der Waals surface area contributed by atoms with Crippen molar-refractivity contribution in [2.75, 3.05) is 7.11 Å². The Hall–Kier alpha value is -2.34. The van der Waals surface area contributed by atoms with Gasteiger partial charge >= 0.3 is 5.97 Å². The minimum absolute atomic E-state index is 0.0873. The van der Waals surface area contributed by atoms with Crippen LogP contribution in [-0.4, -0.2) is 33.8 Å². The van der Waals surface area contributed by atoms with Gasteiger partial charge in [-0.1, -0.05) is 0 Å². The molecule has 1 aromatic carbocycles. The number of fused-ring (bicyclic) bond motifs is 1. The van der Waals surface area contributed by atoms with Crippen LogP contribution in [0.15, 0.2) is 24.4 Å². The maximum absolute atomic E-state index is 12.0. The third-order valence-electron chi connectivity index (χ3n) is 3.09. The van der Waals surface area contributed by atoms with Crippen LogP contribution >= 0.6 is 0 Å². The van der Waals surface area contributed by atoms with E-state index in [9.17, 15) is 14.7 Å². The number of methoxy groups -OCH3 is 1. The van der Waals surface area contributed by atoms with Crippen molar-refractivity contribution in [3.8, 4) is 5.75 Å². The molecule has 0 aliphatic carbocycles. The Morgan fingerprint density at radius 1 is 1.30 bits per heavy atom. The van der Waals surface area contributed by atoms with E-state index in [0.29, 0.717) is 16.8 Å². The predicted molar refractivity (Wildman–Crippen MR) is 71.9 cm³/mol. The molecule has 2 rings (SSSR count). The van der Waals surface area contributed by atoms with E-state index < -0.39 is 5.97 Å². The van der Waals surface area contributed by atoms with Gasteiger partial charge in [0, 0.05) is 23.6 Å². The number of carbonyl (C=O) groups is 2. The van der Waals surface area contributed by atoms with E-state index in [1.165, 1.54) is 17.9 Å². The van der Waals surface area contributed by atoms with E-state index in [1.807, 2.05) is 0 Å². The van der Waals surface area contributed by atoms with Gasteiger partial charge in [0.2, 0.25) is 5.91 Å². The minimum atomic E-state index is -1.01. The Labute approximate surface area is 115 Å². The van der Waals surface area contributed by atoms with Crippen LogP contribution < -0.4 is 4.74 Å². The second-order valence-corrected chi connectivity index (χ2v) is 4.35. The summed E-state index contributed by atoms with van der Waals surface area (Å²) in [5, 5.41) is 18.7. The molecule has 0 fully saturated rings. The number of nitrogens with zero attached hydrogens (tertiary/aromatic N) is 1. The van der Waals surface area contributed by atoms with Crippen molar-refractivity contribution < 1.29 is 24.5 Å². The van der Waals surface area contributed by atoms with Crippen molar-refractivity contribution in [1.29, 1.82) is 0 Å². The van der Waals surface area contributed by atoms with Crippen LogP contribution in [0, 0.1) is 0 Å². The zero-order valence-electron chi connectivity index (χ0n) is 11.0. The molecule has 0 saturated carbocycles. The number of rotatable bonds is 5. The van der Waals surface area contributed by atoms with Crippen molar-refractivity contribution in [3.63, 3.8) is 0 Å². The van der Waals surface area contributed by atoms with Gasteiger partial charge in [-0.15, -0.1) is 0 Å². The van der Waals surface area contributed by atoms with Crippen LogP contribution in [0.1, 0.15) is 23.2 Å². The molecule has 2 N–H and O–H groups in total. The molecule has 2 aromatic rings. The number of aliphatic hydroxyl groups excluding tert-OH is 1. The second kappa shape index (κ2) is 5.75. The van der Waals surface area contributed by atoms with Gasteiger partial charge in [0.1, 0.15) is 5.75 Å². The molecule has 0 unspecified atom stereocenters. The SMILES string of the molecule is COc1ccc2c(c1)c(CO)cn2C(=O)CCC(=O)O. The van der Waals surface area contributed by atoms with Crippen LogP contribution in [0.25, 0.3) is 10.9 Å². The molecule has 20 heavy (non-hydrogen) atoms. The Balaban J connectivity index is 2.43. The van der Waals surface area contributed by atoms with Crippen LogP contribution in [0.4, 0.5) is 0 Å². The Morgan fingerprint density at radius 3 is 2.65 bits per heavy atom. The lowest BCUT2D eigenvalue weighted by atomic mass is 10.2. The lowest BCUT2D eigenvalue weighted by Gasteiger charge is -2.04. The fraction of sp³-hybridized carbons (Fsp3) is 0.286. The summed E-state index contributed by atoms with van der Waals surface area (Å²) >= 11 is 0. The fourth-order valence-corrected chi connectivity index (χ4v) is 2.07. The van der Waals surface area contributed by atoms with Gasteiger partial charge in [0.05, 0.1) is 25.7 Å². The Morgan fingerprint density at radius 2 is 2.05 bits per heavy atom. The third kappa shape index (κ3) is 2.65. The summed E-state index contributed by atoms with van der Waals surface area (Å²) in [6.45, 7) is -0.205. The normalized spacial score (nSPS) is 10.7. The first-order valence-corrected chi connectivity index (χ1v) is 6.10. The van der Waals surface area contributed by atoms with Crippen molar-refractivity contribution in [3.05, 3.63) is 30.0 Å². The molecule has 6 nitrogen and oxygen atoms in total. The van der Waals surface area contributed by atoms with E-state index in [0.717, 1.165) is 5.39 Å². The van der Waals surface area contributed by atoms with Gasteiger partial charge in [-0.2, -0.15) is 0 Å². The van der Waals surface area contributed by atoms with Crippen molar-refractivity contribution in [2.24, 2.45) is 0 Å². The molecule has 0 aliphatic heterocycles. The lowest BCUT2D eigenvalue weighted by Crippen LogP contribution is -2.11. The molecular formula is C14H15NO5. The smallest absolute Gasteiger partial charge is 0.303 e. The molecule has 0 amide bonds. The van der Waals surface area contributed by atoms with Crippen molar-refractivity contribution in [2.45, 2.75) is 19.4 Å². The zero-order chi connectivity index (χ0) is 14.7. The summed E-state index contributed by atoms with van der Waals surface area (Å²) in [7, 11) is 1.54. The number of hydrogen-bond acceptors (Lipinski definition) is 4. The number of carbonyl (C=O) groups excluding carboxylic acids is 1. The maximum atomic E-state index is 12.0. The molecular weight excluding hydrogens is 262 g/mol. The number of carboxylic acids is 1. The zero-order valence-corrected chi connectivity index (χ0v) is 11.0. The Kier molecular flexibility index (Phi) is 4.05. The number of ether oxygens (including phenoxy) is 1. The van der Waals surface area contributed by atoms with Gasteiger partial charge in [-0.3, -0.25) is 14.2 Å². The standard InChI is InChI=1S/C14H15NO5/c1-20-10-2-3-12-11(6-10)9(8-16)7-15(12)13(17)4-5-14(18)19/h2-3,6-7,16H,4-5,8H2,1H3,(H,18,19). The summed E-state index contributed by atoms with van der Waals surface area (Å²) in [4.78, 5) is 22.6. The fourth-order valence-electron chi connectivity index (χ4n) is 2.07. The number of aromatic nitrogens is 1. The second-order valence-electron chi connectivity index (χ2n) is 4.35. The topological polar surface area (TPSA) is 88.8 Å². The van der Waals surface area contributed by atoms with Gasteiger partial charge in [-0.05, 0) is 18.2 Å². The first-order valence-electron chi connectivity index (χ1n) is 6.10. The third-order valence-corrected chi connectivity index (χ3v) is 3.09. The van der Waals surface area contributed by atoms with Gasteiger partial charge < -0.3 is 14.9 Å². The summed E-state index contributed by atoms with van der Waals surface area (Å²) in [5.41, 5.74) is 1.23. The number of hydrogen-bond donors (Lipinski definition) is 2. The molecule has 0 bridgehead atoms. The quantitative estimate of drug-likeness (QED) is 0.867. The maximum Gasteiger partial charge on any atom is 0.303 e. The highest BCUT2D eigenvalue weighted by Crippen LogP contribution is 2.26. The largest absolute Gasteiger partial charge is 0.497 e. The summed E-state index contributed by atoms with van der Waals surface area (Å²) in [6.07, 6.45) is 1.23. The van der Waals surface area contributed by atoms with E-state index in [1.54, 1.807) is 18.2 Å². The lowest BCUT2D eigenvalue weighted by molar-refractivity contribution is -0.136. The van der Waals surface area contributed by atoms with E-state index in [-0.39, 0.29) is 25.4 Å². The molecule has 0 saturated heterocycles. The molecule has 1 heterocycles. The molecule has 6 heteroatoms. The predicted octanol–water partition coefficient (Wildman–Crippen LogP) is 1.65. The highest BCUT2D eigenvalue weighted by atomic mass is 16.5. The van der Waals surface area contributed by atoms with Crippen molar-refractivity contribution in [1.82, 2.24) is 4.57 Å². The summed E-state index contributed by atoms with van der Waals surface area (Å²) in [5.74, 6) is -0.705. The molecule has 0 atom stereocenters. The molecule has 106 valence electrons. The van der Waals surface area contributed by atoms with Gasteiger partial charge in [0.25, 0.3) is 0 Å². The van der Waals surface area contributed by atoms with Crippen LogP contribution in [0.5, 0.6) is 5.75 Å². The number of carboxylic acid groups (broad SMARTS) is 1. The van der Waals surface area contributed by atoms with Crippen molar-refractivity contribution >= 4 is 22.8 Å². The molecule has 0 aliphatic rings. The van der Waals surface area contributed by atoms with Gasteiger partial charge in [-0.25, -0.2) is 0 Å². The summed E-state index contributed by atoms with van der Waals surface area (Å²) in [6, 6.07) is 5.16. The van der Waals surface area contributed by atoms with E-state index >= 15 is 0 Å². The highest BCUT2D eigenvalue weighted by Gasteiger charge is 2.15. The minimum Gasteiger partial charge on any atom is -0.497 e. The average molecular weight is 277 g/mol. The monoisotopic (exact) mass is 277 g/mol. The van der Waals surface area contributed by atoms with Crippen LogP contribution in [-0.2, 0) is 11.4 Å². The average Bonchev–Trinajstić information content (AvgIpc) is 2.82. The first kappa shape index (κ1) is 14.1. The first-order chi connectivity index (χ1) is 9.56. The molecule has 1 aromatic heterocycles. The Bertz CT molecular complexity index is 659. The molecule has 0 spiro atoms. The highest BCUT2D eigenvalue weighted by molar-refractivity contribution is 5.95.